The molecule has 2 aromatic carbocycles. The molecule has 0 N–H and O–H groups in total. The minimum absolute atomic E-state index is 0. The van der Waals surface area contributed by atoms with Gasteiger partial charge in [0, 0.05) is 0 Å². The molecular formula is C30H28Zr. The SMILES string of the molecule is [C-](=C1CCCCC1=[C-]c1ccccc1)c1ccccc1.[CH]1[CH][CH][CH][CH]1.[CH]1[CH][CH][CH][CH]1.[Zr+2]. The zero-order valence-corrected chi connectivity index (χ0v) is 20.3. The fourth-order valence-electron chi connectivity index (χ4n) is 3.21. The predicted molar refractivity (Wildman–Crippen MR) is 126 cm³/mol. The van der Waals surface area contributed by atoms with E-state index in [0.29, 0.717) is 0 Å². The summed E-state index contributed by atoms with van der Waals surface area (Å²) in [4.78, 5) is 0. The molecule has 0 amide bonds. The van der Waals surface area contributed by atoms with Gasteiger partial charge in [-0.1, -0.05) is 37.8 Å². The molecule has 3 aliphatic carbocycles. The zero-order valence-electron chi connectivity index (χ0n) is 17.9. The largest absolute Gasteiger partial charge is 2.00 e. The van der Waals surface area contributed by atoms with Crippen LogP contribution in [0.4, 0.5) is 0 Å². The fourth-order valence-corrected chi connectivity index (χ4v) is 3.21. The number of rotatable bonds is 2. The van der Waals surface area contributed by atoms with Crippen molar-refractivity contribution >= 4 is 0 Å². The molecule has 0 unspecified atom stereocenters. The molecule has 3 saturated carbocycles. The van der Waals surface area contributed by atoms with Crippen molar-refractivity contribution in [3.63, 3.8) is 0 Å². The first-order chi connectivity index (χ1) is 14.9. The summed E-state index contributed by atoms with van der Waals surface area (Å²) in [7, 11) is 0. The van der Waals surface area contributed by atoms with E-state index in [9.17, 15) is 0 Å². The average molecular weight is 480 g/mol. The van der Waals surface area contributed by atoms with E-state index >= 15 is 0 Å². The molecule has 0 heterocycles. The Hall–Kier alpha value is -1.20. The Labute approximate surface area is 210 Å². The van der Waals surface area contributed by atoms with Crippen LogP contribution in [-0.4, -0.2) is 0 Å². The average Bonchev–Trinajstić information content (AvgIpc) is 3.56. The number of allylic oxidation sites excluding steroid dienone is 2. The Morgan fingerprint density at radius 1 is 0.419 bits per heavy atom. The van der Waals surface area contributed by atoms with Gasteiger partial charge in [0.25, 0.3) is 0 Å². The van der Waals surface area contributed by atoms with Crippen molar-refractivity contribution in [3.05, 3.63) is 159 Å². The van der Waals surface area contributed by atoms with Crippen LogP contribution in [0, 0.1) is 76.4 Å². The van der Waals surface area contributed by atoms with E-state index < -0.39 is 0 Å². The summed E-state index contributed by atoms with van der Waals surface area (Å²) in [5, 5.41) is 0. The topological polar surface area (TPSA) is 0 Å². The van der Waals surface area contributed by atoms with E-state index in [-0.39, 0.29) is 26.2 Å². The fraction of sp³-hybridized carbons (Fsp3) is 0.133. The summed E-state index contributed by atoms with van der Waals surface area (Å²) in [5.74, 6) is 0. The third kappa shape index (κ3) is 10.8. The molecule has 152 valence electrons. The maximum absolute atomic E-state index is 3.57. The molecule has 1 heteroatoms. The molecule has 3 fully saturated rings. The van der Waals surface area contributed by atoms with E-state index in [1.807, 2.05) is 76.3 Å². The molecule has 3 aliphatic rings. The van der Waals surface area contributed by atoms with Gasteiger partial charge in [0.05, 0.1) is 0 Å². The maximum atomic E-state index is 3.57. The van der Waals surface area contributed by atoms with Crippen LogP contribution < -0.4 is 0 Å². The van der Waals surface area contributed by atoms with Gasteiger partial charge in [-0.2, -0.15) is 23.3 Å². The second-order valence-electron chi connectivity index (χ2n) is 7.07. The van der Waals surface area contributed by atoms with Gasteiger partial charge in [0.15, 0.2) is 0 Å². The monoisotopic (exact) mass is 478 g/mol. The Morgan fingerprint density at radius 2 is 0.710 bits per heavy atom. The minimum Gasteiger partial charge on any atom is -0.201 e. The first kappa shape index (κ1) is 26.1. The van der Waals surface area contributed by atoms with Gasteiger partial charge in [0.2, 0.25) is 0 Å². The molecular weight excluding hydrogens is 452 g/mol. The van der Waals surface area contributed by atoms with Crippen LogP contribution in [0.25, 0.3) is 0 Å². The normalized spacial score (nSPS) is 20.3. The van der Waals surface area contributed by atoms with Gasteiger partial charge in [-0.3, -0.25) is 0 Å². The number of benzene rings is 2. The van der Waals surface area contributed by atoms with Crippen molar-refractivity contribution in [1.82, 2.24) is 0 Å². The van der Waals surface area contributed by atoms with E-state index in [1.54, 1.807) is 0 Å². The van der Waals surface area contributed by atoms with Gasteiger partial charge in [-0.05, 0) is 64.2 Å². The van der Waals surface area contributed by atoms with Crippen molar-refractivity contribution in [2.45, 2.75) is 25.7 Å². The third-order valence-corrected chi connectivity index (χ3v) is 4.72. The molecule has 0 atom stereocenters. The van der Waals surface area contributed by atoms with E-state index in [2.05, 4.69) is 60.7 Å². The van der Waals surface area contributed by atoms with Gasteiger partial charge in [0.1, 0.15) is 0 Å². The molecule has 0 spiro atoms. The summed E-state index contributed by atoms with van der Waals surface area (Å²) >= 11 is 0. The molecule has 0 saturated heterocycles. The van der Waals surface area contributed by atoms with Crippen LogP contribution in [0.3, 0.4) is 0 Å². The van der Waals surface area contributed by atoms with Gasteiger partial charge < -0.3 is 0 Å². The van der Waals surface area contributed by atoms with E-state index in [1.165, 1.54) is 24.0 Å². The molecule has 0 bridgehead atoms. The van der Waals surface area contributed by atoms with Crippen LogP contribution in [0.5, 0.6) is 0 Å². The summed E-state index contributed by atoms with van der Waals surface area (Å²) in [6.45, 7) is 0. The first-order valence-corrected chi connectivity index (χ1v) is 10.6. The molecule has 0 aromatic heterocycles. The van der Waals surface area contributed by atoms with Crippen LogP contribution >= 0.6 is 0 Å². The standard InChI is InChI=1S/C20H18.2C5H5.Zr/c1-3-9-17(10-4-1)15-19-13-7-8-14-20(19)16-18-11-5-2-6-12-18;2*1-2-4-5-3-1;/h1-6,9-12H,7-8,13-14H2;2*1-5H;/q-2;;;+2. The smallest absolute Gasteiger partial charge is 0.201 e. The third-order valence-electron chi connectivity index (χ3n) is 4.72. The van der Waals surface area contributed by atoms with Gasteiger partial charge in [-0.25, -0.2) is 11.1 Å². The van der Waals surface area contributed by atoms with Crippen molar-refractivity contribution in [1.29, 1.82) is 0 Å². The quantitative estimate of drug-likeness (QED) is 0.401. The molecule has 0 nitrogen and oxygen atoms in total. The van der Waals surface area contributed by atoms with Crippen molar-refractivity contribution in [2.24, 2.45) is 0 Å². The summed E-state index contributed by atoms with van der Waals surface area (Å²) in [5.41, 5.74) is 4.98. The van der Waals surface area contributed by atoms with Crippen LogP contribution in [-0.2, 0) is 26.2 Å². The Morgan fingerprint density at radius 3 is 1.00 bits per heavy atom. The first-order valence-electron chi connectivity index (χ1n) is 10.6. The molecule has 10 radical (unpaired) electrons. The van der Waals surface area contributed by atoms with Crippen molar-refractivity contribution in [3.8, 4) is 0 Å². The Kier molecular flexibility index (Phi) is 13.8. The van der Waals surface area contributed by atoms with Gasteiger partial charge in [-0.15, -0.1) is 48.5 Å². The summed E-state index contributed by atoms with van der Waals surface area (Å²) in [6.07, 6.45) is 31.9. The predicted octanol–water partition coefficient (Wildman–Crippen LogP) is 7.16. The zero-order chi connectivity index (χ0) is 20.7. The molecule has 0 aliphatic heterocycles. The second kappa shape index (κ2) is 16.4. The Balaban J connectivity index is 0.000000254. The van der Waals surface area contributed by atoms with Crippen LogP contribution in [0.2, 0.25) is 0 Å². The van der Waals surface area contributed by atoms with E-state index in [4.69, 9.17) is 0 Å². The van der Waals surface area contributed by atoms with Crippen LogP contribution in [0.1, 0.15) is 36.8 Å². The molecule has 31 heavy (non-hydrogen) atoms. The number of hydrogen-bond donors (Lipinski definition) is 0. The van der Waals surface area contributed by atoms with Crippen LogP contribution in [0.15, 0.2) is 71.8 Å². The van der Waals surface area contributed by atoms with Crippen molar-refractivity contribution in [2.75, 3.05) is 0 Å². The van der Waals surface area contributed by atoms with E-state index in [0.717, 1.165) is 24.0 Å². The van der Waals surface area contributed by atoms with Crippen molar-refractivity contribution < 1.29 is 26.2 Å². The summed E-state index contributed by atoms with van der Waals surface area (Å²) < 4.78 is 0. The molecule has 5 rings (SSSR count). The maximum Gasteiger partial charge on any atom is 2.00 e. The number of hydrogen-bond acceptors (Lipinski definition) is 0. The molecule has 2 aromatic rings. The van der Waals surface area contributed by atoms with Gasteiger partial charge >= 0.3 is 26.2 Å². The minimum atomic E-state index is 0. The summed E-state index contributed by atoms with van der Waals surface area (Å²) in [6, 6.07) is 20.8. The Bertz CT molecular complexity index is 667. The second-order valence-corrected chi connectivity index (χ2v) is 7.07.